The summed E-state index contributed by atoms with van der Waals surface area (Å²) in [6.45, 7) is 2.60. The molecule has 1 aromatic rings. The first-order valence-electron chi connectivity index (χ1n) is 6.19. The van der Waals surface area contributed by atoms with Gasteiger partial charge in [0.1, 0.15) is 0 Å². The lowest BCUT2D eigenvalue weighted by atomic mass is 10.0. The Labute approximate surface area is 103 Å². The number of nitrogens with zero attached hydrogens (tertiary/aromatic N) is 1. The molecule has 0 radical (unpaired) electrons. The Morgan fingerprint density at radius 3 is 2.59 bits per heavy atom. The van der Waals surface area contributed by atoms with Crippen molar-refractivity contribution in [1.29, 1.82) is 0 Å². The monoisotopic (exact) mass is 234 g/mol. The minimum atomic E-state index is -0.337. The Morgan fingerprint density at radius 1 is 1.24 bits per heavy atom. The molecule has 1 unspecified atom stereocenters. The number of hydrogen-bond donors (Lipinski definition) is 2. The number of rotatable bonds is 7. The number of nitrogens with two attached hydrogens (primary N) is 1. The average Bonchev–Trinajstić information content (AvgIpc) is 2.34. The summed E-state index contributed by atoms with van der Waals surface area (Å²) < 4.78 is 0. The fourth-order valence-electron chi connectivity index (χ4n) is 1.72. The molecule has 94 valence electrons. The number of hydrogen-bond acceptors (Lipinski definition) is 2. The third-order valence-electron chi connectivity index (χ3n) is 2.68. The van der Waals surface area contributed by atoms with E-state index in [2.05, 4.69) is 4.99 Å². The van der Waals surface area contributed by atoms with Gasteiger partial charge in [0, 0.05) is 6.54 Å². The predicted octanol–water partition coefficient (Wildman–Crippen LogP) is 2.66. The predicted molar refractivity (Wildman–Crippen MR) is 72.0 cm³/mol. The molecule has 3 N–H and O–H groups in total. The molecule has 3 nitrogen and oxygen atoms in total. The maximum atomic E-state index is 9.92. The maximum Gasteiger partial charge on any atom is 0.0905 e. The SMILES string of the molecule is CC(N)=NCCCCCC(O)c1ccccc1. The third kappa shape index (κ3) is 6.07. The Hall–Kier alpha value is -1.35. The molecular formula is C14H22N2O. The molecule has 0 amide bonds. The van der Waals surface area contributed by atoms with Gasteiger partial charge in [-0.3, -0.25) is 4.99 Å². The molecule has 0 aliphatic heterocycles. The molecule has 1 rings (SSSR count). The van der Waals surface area contributed by atoms with Crippen LogP contribution in [0, 0.1) is 0 Å². The molecule has 0 fully saturated rings. The number of aliphatic imine (C=N–C) groups is 1. The Morgan fingerprint density at radius 2 is 1.94 bits per heavy atom. The second-order valence-corrected chi connectivity index (χ2v) is 4.30. The second kappa shape index (κ2) is 7.85. The van der Waals surface area contributed by atoms with E-state index in [0.29, 0.717) is 5.84 Å². The lowest BCUT2D eigenvalue weighted by molar-refractivity contribution is 0.163. The Kier molecular flexibility index (Phi) is 6.33. The highest BCUT2D eigenvalue weighted by molar-refractivity contribution is 5.77. The van der Waals surface area contributed by atoms with E-state index in [4.69, 9.17) is 5.73 Å². The minimum Gasteiger partial charge on any atom is -0.388 e. The first kappa shape index (κ1) is 13.7. The van der Waals surface area contributed by atoms with Gasteiger partial charge in [-0.1, -0.05) is 43.2 Å². The van der Waals surface area contributed by atoms with Gasteiger partial charge >= 0.3 is 0 Å². The van der Waals surface area contributed by atoms with Crippen molar-refractivity contribution >= 4 is 5.84 Å². The highest BCUT2D eigenvalue weighted by atomic mass is 16.3. The molecule has 0 aliphatic carbocycles. The van der Waals surface area contributed by atoms with E-state index in [1.807, 2.05) is 30.3 Å². The molecule has 0 bridgehead atoms. The second-order valence-electron chi connectivity index (χ2n) is 4.30. The van der Waals surface area contributed by atoms with E-state index in [-0.39, 0.29) is 6.10 Å². The van der Waals surface area contributed by atoms with E-state index in [1.165, 1.54) is 0 Å². The molecular weight excluding hydrogens is 212 g/mol. The van der Waals surface area contributed by atoms with Gasteiger partial charge in [-0.25, -0.2) is 0 Å². The summed E-state index contributed by atoms with van der Waals surface area (Å²) in [6, 6.07) is 9.80. The van der Waals surface area contributed by atoms with Gasteiger partial charge < -0.3 is 10.8 Å². The van der Waals surface area contributed by atoms with Crippen molar-refractivity contribution < 1.29 is 5.11 Å². The highest BCUT2D eigenvalue weighted by Gasteiger charge is 2.05. The zero-order valence-corrected chi connectivity index (χ0v) is 10.5. The normalized spacial score (nSPS) is 13.6. The lowest BCUT2D eigenvalue weighted by Gasteiger charge is -2.10. The minimum absolute atomic E-state index is 0.337. The van der Waals surface area contributed by atoms with Crippen molar-refractivity contribution in [3.05, 3.63) is 35.9 Å². The quantitative estimate of drug-likeness (QED) is 0.433. The van der Waals surface area contributed by atoms with Crippen LogP contribution in [0.5, 0.6) is 0 Å². The molecule has 0 aromatic heterocycles. The van der Waals surface area contributed by atoms with E-state index < -0.39 is 0 Å². The summed E-state index contributed by atoms with van der Waals surface area (Å²) in [4.78, 5) is 4.13. The summed E-state index contributed by atoms with van der Waals surface area (Å²) in [5, 5.41) is 9.92. The van der Waals surface area contributed by atoms with Crippen LogP contribution in [-0.4, -0.2) is 17.5 Å². The van der Waals surface area contributed by atoms with E-state index in [0.717, 1.165) is 37.8 Å². The highest BCUT2D eigenvalue weighted by Crippen LogP contribution is 2.18. The van der Waals surface area contributed by atoms with Gasteiger partial charge in [-0.15, -0.1) is 0 Å². The van der Waals surface area contributed by atoms with Crippen LogP contribution in [0.15, 0.2) is 35.3 Å². The summed E-state index contributed by atoms with van der Waals surface area (Å²) in [7, 11) is 0. The smallest absolute Gasteiger partial charge is 0.0905 e. The Balaban J connectivity index is 2.13. The topological polar surface area (TPSA) is 58.6 Å². The van der Waals surface area contributed by atoms with Crippen molar-refractivity contribution in [3.8, 4) is 0 Å². The largest absolute Gasteiger partial charge is 0.388 e. The number of aliphatic hydroxyl groups is 1. The summed E-state index contributed by atoms with van der Waals surface area (Å²) in [6.07, 6.45) is 3.62. The van der Waals surface area contributed by atoms with Gasteiger partial charge in [0.15, 0.2) is 0 Å². The number of amidine groups is 1. The number of aliphatic hydroxyl groups excluding tert-OH is 1. The molecule has 17 heavy (non-hydrogen) atoms. The van der Waals surface area contributed by atoms with Crippen LogP contribution in [0.4, 0.5) is 0 Å². The zero-order chi connectivity index (χ0) is 12.5. The van der Waals surface area contributed by atoms with E-state index in [1.54, 1.807) is 6.92 Å². The van der Waals surface area contributed by atoms with Gasteiger partial charge in [0.25, 0.3) is 0 Å². The fourth-order valence-corrected chi connectivity index (χ4v) is 1.72. The molecule has 1 atom stereocenters. The van der Waals surface area contributed by atoms with Crippen molar-refractivity contribution in [2.24, 2.45) is 10.7 Å². The summed E-state index contributed by atoms with van der Waals surface area (Å²) >= 11 is 0. The molecule has 1 aromatic carbocycles. The molecule has 0 saturated carbocycles. The molecule has 3 heteroatoms. The van der Waals surface area contributed by atoms with Crippen molar-refractivity contribution in [2.45, 2.75) is 38.7 Å². The number of benzene rings is 1. The molecule has 0 spiro atoms. The van der Waals surface area contributed by atoms with E-state index >= 15 is 0 Å². The van der Waals surface area contributed by atoms with Crippen molar-refractivity contribution in [1.82, 2.24) is 0 Å². The van der Waals surface area contributed by atoms with Crippen LogP contribution in [0.25, 0.3) is 0 Å². The van der Waals surface area contributed by atoms with Crippen molar-refractivity contribution in [2.75, 3.05) is 6.54 Å². The Bertz CT molecular complexity index is 331. The van der Waals surface area contributed by atoms with Crippen LogP contribution in [0.2, 0.25) is 0 Å². The molecule has 0 saturated heterocycles. The van der Waals surface area contributed by atoms with Crippen LogP contribution in [-0.2, 0) is 0 Å². The van der Waals surface area contributed by atoms with Gasteiger partial charge in [-0.05, 0) is 25.3 Å². The third-order valence-corrected chi connectivity index (χ3v) is 2.68. The van der Waals surface area contributed by atoms with Crippen LogP contribution >= 0.6 is 0 Å². The van der Waals surface area contributed by atoms with Crippen LogP contribution in [0.3, 0.4) is 0 Å². The first-order chi connectivity index (χ1) is 8.20. The number of unbranched alkanes of at least 4 members (excludes halogenated alkanes) is 2. The summed E-state index contributed by atoms with van der Waals surface area (Å²) in [5.74, 6) is 0.648. The van der Waals surface area contributed by atoms with Crippen molar-refractivity contribution in [3.63, 3.8) is 0 Å². The van der Waals surface area contributed by atoms with Gasteiger partial charge in [-0.2, -0.15) is 0 Å². The molecule has 0 heterocycles. The van der Waals surface area contributed by atoms with Crippen LogP contribution in [0.1, 0.15) is 44.3 Å². The maximum absolute atomic E-state index is 9.92. The lowest BCUT2D eigenvalue weighted by Crippen LogP contribution is -2.05. The zero-order valence-electron chi connectivity index (χ0n) is 10.5. The van der Waals surface area contributed by atoms with E-state index in [9.17, 15) is 5.11 Å². The summed E-state index contributed by atoms with van der Waals surface area (Å²) in [5.41, 5.74) is 6.44. The van der Waals surface area contributed by atoms with Crippen LogP contribution < -0.4 is 5.73 Å². The first-order valence-corrected chi connectivity index (χ1v) is 6.19. The van der Waals surface area contributed by atoms with Gasteiger partial charge in [0.2, 0.25) is 0 Å². The fraction of sp³-hybridized carbons (Fsp3) is 0.500. The average molecular weight is 234 g/mol. The van der Waals surface area contributed by atoms with Gasteiger partial charge in [0.05, 0.1) is 11.9 Å². The molecule has 0 aliphatic rings. The standard InChI is InChI=1S/C14H22N2O/c1-12(15)16-11-7-3-6-10-14(17)13-8-4-2-5-9-13/h2,4-5,8-9,14,17H,3,6-7,10-11H2,1H3,(H2,15,16).